The number of nitrogens with zero attached hydrogens (tertiary/aromatic N) is 1. The van der Waals surface area contributed by atoms with Gasteiger partial charge in [-0.05, 0) is 42.8 Å². The van der Waals surface area contributed by atoms with Crippen LogP contribution in [-0.2, 0) is 10.0 Å². The average Bonchev–Trinajstić information content (AvgIpc) is 2.63. The minimum absolute atomic E-state index is 0.0423. The molecule has 0 aliphatic heterocycles. The highest BCUT2D eigenvalue weighted by molar-refractivity contribution is 7.92. The smallest absolute Gasteiger partial charge is 0.269 e. The van der Waals surface area contributed by atoms with Gasteiger partial charge in [0.1, 0.15) is 5.75 Å². The highest BCUT2D eigenvalue weighted by Gasteiger charge is 2.16. The lowest BCUT2D eigenvalue weighted by Gasteiger charge is -2.10. The Kier molecular flexibility index (Phi) is 6.97. The molecule has 0 spiro atoms. The molecule has 0 radical (unpaired) electrons. The summed E-state index contributed by atoms with van der Waals surface area (Å²) in [4.78, 5) is 10.0. The second kappa shape index (κ2) is 9.19. The van der Waals surface area contributed by atoms with Crippen LogP contribution in [0.5, 0.6) is 5.75 Å². The van der Waals surface area contributed by atoms with Crippen molar-refractivity contribution >= 4 is 21.4 Å². The van der Waals surface area contributed by atoms with Crippen LogP contribution in [-0.4, -0.2) is 19.9 Å². The summed E-state index contributed by atoms with van der Waals surface area (Å²) >= 11 is 0. The first-order chi connectivity index (χ1) is 12.4. The van der Waals surface area contributed by atoms with E-state index in [1.807, 2.05) is 0 Å². The van der Waals surface area contributed by atoms with Crippen molar-refractivity contribution in [3.63, 3.8) is 0 Å². The van der Waals surface area contributed by atoms with Crippen LogP contribution in [0.2, 0.25) is 0 Å². The summed E-state index contributed by atoms with van der Waals surface area (Å²) in [5.41, 5.74) is 0.228. The highest BCUT2D eigenvalue weighted by Crippen LogP contribution is 2.21. The number of nitro benzene ring substituents is 1. The van der Waals surface area contributed by atoms with E-state index in [2.05, 4.69) is 11.6 Å². The molecule has 2 aromatic rings. The largest absolute Gasteiger partial charge is 0.494 e. The number of unbranched alkanes of at least 4 members (excludes halogenated alkanes) is 3. The van der Waals surface area contributed by atoms with Gasteiger partial charge in [-0.2, -0.15) is 0 Å². The van der Waals surface area contributed by atoms with Crippen LogP contribution in [0.4, 0.5) is 11.4 Å². The molecule has 0 amide bonds. The van der Waals surface area contributed by atoms with Gasteiger partial charge < -0.3 is 4.74 Å². The first-order valence-electron chi connectivity index (χ1n) is 8.42. The molecular formula is C18H22N2O5S. The third-order valence-electron chi connectivity index (χ3n) is 3.73. The fraction of sp³-hybridized carbons (Fsp3) is 0.333. The zero-order chi connectivity index (χ0) is 19.0. The van der Waals surface area contributed by atoms with Crippen molar-refractivity contribution in [2.45, 2.75) is 37.5 Å². The Balaban J connectivity index is 1.95. The Morgan fingerprint density at radius 1 is 1.00 bits per heavy atom. The van der Waals surface area contributed by atoms with E-state index in [0.29, 0.717) is 18.0 Å². The summed E-state index contributed by atoms with van der Waals surface area (Å²) in [5.74, 6) is 0.680. The predicted octanol–water partition coefficient (Wildman–Crippen LogP) is 4.35. The maximum atomic E-state index is 12.3. The molecule has 2 aromatic carbocycles. The summed E-state index contributed by atoms with van der Waals surface area (Å²) in [7, 11) is -3.81. The zero-order valence-electron chi connectivity index (χ0n) is 14.6. The number of ether oxygens (including phenoxy) is 1. The van der Waals surface area contributed by atoms with E-state index in [1.54, 1.807) is 24.3 Å². The van der Waals surface area contributed by atoms with Gasteiger partial charge in [-0.25, -0.2) is 8.42 Å². The summed E-state index contributed by atoms with van der Waals surface area (Å²) in [6.45, 7) is 2.78. The number of hydrogen-bond acceptors (Lipinski definition) is 5. The SMILES string of the molecule is CCCCCCOc1ccc(NS(=O)(=O)c2ccc([N+](=O)[O-])cc2)cc1. The van der Waals surface area contributed by atoms with Crippen LogP contribution in [0.3, 0.4) is 0 Å². The average molecular weight is 378 g/mol. The van der Waals surface area contributed by atoms with E-state index >= 15 is 0 Å². The summed E-state index contributed by atoms with van der Waals surface area (Å²) < 4.78 is 32.7. The van der Waals surface area contributed by atoms with Gasteiger partial charge >= 0.3 is 0 Å². The third-order valence-corrected chi connectivity index (χ3v) is 5.13. The maximum absolute atomic E-state index is 12.3. The van der Waals surface area contributed by atoms with Crippen LogP contribution in [0.15, 0.2) is 53.4 Å². The molecule has 8 heteroatoms. The van der Waals surface area contributed by atoms with E-state index in [9.17, 15) is 18.5 Å². The second-order valence-corrected chi connectivity index (χ2v) is 7.47. The number of non-ortho nitro benzene ring substituents is 1. The standard InChI is InChI=1S/C18H22N2O5S/c1-2-3-4-5-14-25-17-10-6-15(7-11-17)19-26(23,24)18-12-8-16(9-13-18)20(21)22/h6-13,19H,2-5,14H2,1H3. The lowest BCUT2D eigenvalue weighted by Crippen LogP contribution is -2.12. The van der Waals surface area contributed by atoms with Crippen LogP contribution in [0, 0.1) is 10.1 Å². The molecule has 0 bridgehead atoms. The van der Waals surface area contributed by atoms with Crippen molar-refractivity contribution in [3.05, 3.63) is 58.6 Å². The van der Waals surface area contributed by atoms with Crippen LogP contribution in [0.25, 0.3) is 0 Å². The normalized spacial score (nSPS) is 11.1. The number of sulfonamides is 1. The van der Waals surface area contributed by atoms with E-state index in [-0.39, 0.29) is 10.6 Å². The lowest BCUT2D eigenvalue weighted by molar-refractivity contribution is -0.384. The predicted molar refractivity (Wildman–Crippen MR) is 100.0 cm³/mol. The summed E-state index contributed by atoms with van der Waals surface area (Å²) in [6.07, 6.45) is 4.47. The number of anilines is 1. The summed E-state index contributed by atoms with van der Waals surface area (Å²) in [5, 5.41) is 10.6. The molecule has 0 aromatic heterocycles. The number of nitro groups is 1. The van der Waals surface area contributed by atoms with E-state index in [0.717, 1.165) is 25.0 Å². The van der Waals surface area contributed by atoms with E-state index in [1.165, 1.54) is 25.0 Å². The quantitative estimate of drug-likeness (QED) is 0.376. The minimum atomic E-state index is -3.81. The Morgan fingerprint density at radius 2 is 1.65 bits per heavy atom. The van der Waals surface area contributed by atoms with Gasteiger partial charge in [0.15, 0.2) is 0 Å². The van der Waals surface area contributed by atoms with E-state index < -0.39 is 14.9 Å². The van der Waals surface area contributed by atoms with Gasteiger partial charge in [0.25, 0.3) is 15.7 Å². The number of nitrogens with one attached hydrogen (secondary N) is 1. The fourth-order valence-corrected chi connectivity index (χ4v) is 3.36. The molecule has 2 rings (SSSR count). The fourth-order valence-electron chi connectivity index (χ4n) is 2.30. The monoisotopic (exact) mass is 378 g/mol. The number of benzene rings is 2. The van der Waals surface area contributed by atoms with Gasteiger partial charge in [0.05, 0.1) is 16.4 Å². The molecule has 0 aliphatic carbocycles. The van der Waals surface area contributed by atoms with Crippen molar-refractivity contribution in [1.29, 1.82) is 0 Å². The molecule has 1 N–H and O–H groups in total. The van der Waals surface area contributed by atoms with Crippen molar-refractivity contribution in [2.24, 2.45) is 0 Å². The molecule has 140 valence electrons. The molecule has 0 saturated carbocycles. The van der Waals surface area contributed by atoms with Crippen molar-refractivity contribution in [2.75, 3.05) is 11.3 Å². The Hall–Kier alpha value is -2.61. The van der Waals surface area contributed by atoms with Crippen LogP contribution >= 0.6 is 0 Å². The van der Waals surface area contributed by atoms with E-state index in [4.69, 9.17) is 4.74 Å². The van der Waals surface area contributed by atoms with Crippen LogP contribution in [0.1, 0.15) is 32.6 Å². The first kappa shape index (κ1) is 19.7. The molecule has 0 fully saturated rings. The Bertz CT molecular complexity index is 818. The molecule has 0 saturated heterocycles. The zero-order valence-corrected chi connectivity index (χ0v) is 15.4. The van der Waals surface area contributed by atoms with Crippen LogP contribution < -0.4 is 9.46 Å². The highest BCUT2D eigenvalue weighted by atomic mass is 32.2. The molecule has 26 heavy (non-hydrogen) atoms. The lowest BCUT2D eigenvalue weighted by atomic mass is 10.2. The van der Waals surface area contributed by atoms with Crippen molar-refractivity contribution < 1.29 is 18.1 Å². The molecule has 7 nitrogen and oxygen atoms in total. The molecule has 0 aliphatic rings. The van der Waals surface area contributed by atoms with Crippen molar-refractivity contribution in [3.8, 4) is 5.75 Å². The maximum Gasteiger partial charge on any atom is 0.269 e. The minimum Gasteiger partial charge on any atom is -0.494 e. The Morgan fingerprint density at radius 3 is 2.23 bits per heavy atom. The Labute approximate surface area is 153 Å². The summed E-state index contributed by atoms with van der Waals surface area (Å²) in [6, 6.07) is 11.4. The first-order valence-corrected chi connectivity index (χ1v) is 9.91. The van der Waals surface area contributed by atoms with Gasteiger partial charge in [-0.3, -0.25) is 14.8 Å². The van der Waals surface area contributed by atoms with Gasteiger partial charge in [0.2, 0.25) is 0 Å². The molecule has 0 atom stereocenters. The molecule has 0 heterocycles. The number of rotatable bonds is 10. The molecule has 0 unspecified atom stereocenters. The third kappa shape index (κ3) is 5.73. The van der Waals surface area contributed by atoms with Crippen molar-refractivity contribution in [1.82, 2.24) is 0 Å². The van der Waals surface area contributed by atoms with Gasteiger partial charge in [-0.15, -0.1) is 0 Å². The second-order valence-electron chi connectivity index (χ2n) is 5.79. The number of hydrogen-bond donors (Lipinski definition) is 1. The topological polar surface area (TPSA) is 98.5 Å². The van der Waals surface area contributed by atoms with Gasteiger partial charge in [-0.1, -0.05) is 26.2 Å². The van der Waals surface area contributed by atoms with Gasteiger partial charge in [0, 0.05) is 17.8 Å². The molecular weight excluding hydrogens is 356 g/mol.